The number of benzene rings is 2. The molecule has 4 rings (SSSR count). The summed E-state index contributed by atoms with van der Waals surface area (Å²) in [5, 5.41) is 6.70. The number of carbonyl (C=O) groups excluding carboxylic acids is 2. The van der Waals surface area contributed by atoms with Gasteiger partial charge >= 0.3 is 0 Å². The molecule has 0 radical (unpaired) electrons. The van der Waals surface area contributed by atoms with Crippen LogP contribution in [0.4, 0.5) is 5.69 Å². The summed E-state index contributed by atoms with van der Waals surface area (Å²) in [4.78, 5) is 27.3. The van der Waals surface area contributed by atoms with Crippen LogP contribution in [0.2, 0.25) is 0 Å². The molecular formula is C25H30N4O5S. The molecule has 2 aromatic carbocycles. The third-order valence-electron chi connectivity index (χ3n) is 6.31. The number of sulfonamides is 1. The molecule has 1 aliphatic rings. The second-order valence-electron chi connectivity index (χ2n) is 8.65. The molecule has 0 spiro atoms. The van der Waals surface area contributed by atoms with E-state index in [0.29, 0.717) is 31.5 Å². The number of hydrogen-bond acceptors (Lipinski definition) is 5. The number of H-pyrrole nitrogens is 1. The summed E-state index contributed by atoms with van der Waals surface area (Å²) < 4.78 is 32.7. The summed E-state index contributed by atoms with van der Waals surface area (Å²) in [6.45, 7) is 2.47. The minimum absolute atomic E-state index is 0.0425. The number of fused-ring (bicyclic) bond motifs is 1. The van der Waals surface area contributed by atoms with Gasteiger partial charge in [-0.2, -0.15) is 4.31 Å². The normalized spacial score (nSPS) is 15.1. The number of aromatic amines is 1. The molecular weight excluding hydrogens is 468 g/mol. The van der Waals surface area contributed by atoms with Crippen molar-refractivity contribution in [2.75, 3.05) is 32.1 Å². The number of piperidine rings is 1. The van der Waals surface area contributed by atoms with Crippen LogP contribution in [0.15, 0.2) is 53.6 Å². The van der Waals surface area contributed by atoms with Gasteiger partial charge in [-0.05, 0) is 67.3 Å². The number of carbonyl (C=O) groups is 2. The second-order valence-corrected chi connectivity index (χ2v) is 10.6. The highest BCUT2D eigenvalue weighted by atomic mass is 32.2. The summed E-state index contributed by atoms with van der Waals surface area (Å²) in [5.74, 6) is 0.307. The fraction of sp³-hybridized carbons (Fsp3) is 0.360. The molecule has 0 saturated carbocycles. The fourth-order valence-corrected chi connectivity index (χ4v) is 5.85. The first kappa shape index (κ1) is 24.7. The Hall–Kier alpha value is -3.37. The minimum Gasteiger partial charge on any atom is -0.497 e. The van der Waals surface area contributed by atoms with Gasteiger partial charge in [0.15, 0.2) is 0 Å². The Morgan fingerprint density at radius 1 is 1.11 bits per heavy atom. The van der Waals surface area contributed by atoms with Crippen LogP contribution in [0.3, 0.4) is 0 Å². The van der Waals surface area contributed by atoms with Crippen LogP contribution in [-0.4, -0.2) is 56.3 Å². The lowest BCUT2D eigenvalue weighted by atomic mass is 9.97. The van der Waals surface area contributed by atoms with Gasteiger partial charge in [0.1, 0.15) is 5.75 Å². The van der Waals surface area contributed by atoms with Gasteiger partial charge in [-0.1, -0.05) is 0 Å². The average Bonchev–Trinajstić information content (AvgIpc) is 3.26. The van der Waals surface area contributed by atoms with Crippen LogP contribution in [0, 0.1) is 5.92 Å². The van der Waals surface area contributed by atoms with Crippen LogP contribution in [0.1, 0.15) is 25.3 Å². The van der Waals surface area contributed by atoms with Crippen molar-refractivity contribution in [3.63, 3.8) is 0 Å². The van der Waals surface area contributed by atoms with E-state index in [9.17, 15) is 18.0 Å². The zero-order valence-corrected chi connectivity index (χ0v) is 20.7. The zero-order valence-electron chi connectivity index (χ0n) is 19.8. The lowest BCUT2D eigenvalue weighted by molar-refractivity contribution is -0.126. The van der Waals surface area contributed by atoms with Crippen molar-refractivity contribution in [1.82, 2.24) is 14.6 Å². The number of anilines is 1. The Balaban J connectivity index is 1.28. The second kappa shape index (κ2) is 10.5. The Morgan fingerprint density at radius 2 is 1.83 bits per heavy atom. The first-order valence-corrected chi connectivity index (χ1v) is 13.0. The molecule has 0 atom stereocenters. The van der Waals surface area contributed by atoms with E-state index in [1.54, 1.807) is 19.2 Å². The molecule has 1 saturated heterocycles. The van der Waals surface area contributed by atoms with E-state index in [1.807, 2.05) is 24.4 Å². The number of aromatic nitrogens is 1. The van der Waals surface area contributed by atoms with E-state index in [2.05, 4.69) is 15.6 Å². The van der Waals surface area contributed by atoms with Crippen molar-refractivity contribution in [2.24, 2.45) is 5.92 Å². The van der Waals surface area contributed by atoms with Crippen molar-refractivity contribution >= 4 is 38.4 Å². The number of rotatable bonds is 8. The van der Waals surface area contributed by atoms with Gasteiger partial charge in [-0.15, -0.1) is 0 Å². The maximum atomic E-state index is 13.0. The van der Waals surface area contributed by atoms with E-state index >= 15 is 0 Å². The summed E-state index contributed by atoms with van der Waals surface area (Å²) >= 11 is 0. The maximum absolute atomic E-state index is 13.0. The molecule has 2 amide bonds. The highest BCUT2D eigenvalue weighted by molar-refractivity contribution is 7.89. The lowest BCUT2D eigenvalue weighted by Gasteiger charge is -2.30. The van der Waals surface area contributed by atoms with Gasteiger partial charge in [0.2, 0.25) is 21.8 Å². The van der Waals surface area contributed by atoms with Crippen LogP contribution in [0.5, 0.6) is 5.75 Å². The number of hydrogen-bond donors (Lipinski definition) is 3. The van der Waals surface area contributed by atoms with Crippen molar-refractivity contribution in [3.05, 3.63) is 54.2 Å². The van der Waals surface area contributed by atoms with Crippen molar-refractivity contribution < 1.29 is 22.7 Å². The number of nitrogens with zero attached hydrogens (tertiary/aromatic N) is 1. The Labute approximate surface area is 204 Å². The van der Waals surface area contributed by atoms with Gasteiger partial charge < -0.3 is 20.4 Å². The molecule has 9 nitrogen and oxygen atoms in total. The molecule has 1 aromatic heterocycles. The van der Waals surface area contributed by atoms with Crippen molar-refractivity contribution in [1.29, 1.82) is 0 Å². The van der Waals surface area contributed by atoms with E-state index in [1.165, 1.54) is 23.4 Å². The van der Waals surface area contributed by atoms with Gasteiger partial charge in [0, 0.05) is 55.3 Å². The summed E-state index contributed by atoms with van der Waals surface area (Å²) in [6, 6.07) is 12.0. The van der Waals surface area contributed by atoms with Crippen molar-refractivity contribution in [3.8, 4) is 5.75 Å². The molecule has 3 N–H and O–H groups in total. The van der Waals surface area contributed by atoms with Gasteiger partial charge in [0.05, 0.1) is 12.0 Å². The number of methoxy groups -OCH3 is 1. The molecule has 0 unspecified atom stereocenters. The first-order valence-electron chi connectivity index (χ1n) is 11.6. The van der Waals surface area contributed by atoms with Crippen LogP contribution in [0.25, 0.3) is 10.9 Å². The smallest absolute Gasteiger partial charge is 0.243 e. The highest BCUT2D eigenvalue weighted by Crippen LogP contribution is 2.26. The number of amides is 2. The van der Waals surface area contributed by atoms with E-state index in [4.69, 9.17) is 4.74 Å². The molecule has 0 bridgehead atoms. The Kier molecular flexibility index (Phi) is 7.42. The molecule has 10 heteroatoms. The quantitative estimate of drug-likeness (QED) is 0.441. The zero-order chi connectivity index (χ0) is 25.0. The third kappa shape index (κ3) is 5.66. The van der Waals surface area contributed by atoms with Crippen molar-refractivity contribution in [2.45, 2.75) is 31.1 Å². The highest BCUT2D eigenvalue weighted by Gasteiger charge is 2.32. The monoisotopic (exact) mass is 498 g/mol. The SMILES string of the molecule is COc1ccc2[nH]cc(CCNC(=O)C3CCN(S(=O)(=O)c4ccc(NC(C)=O)cc4)CC3)c2c1. The van der Waals surface area contributed by atoms with E-state index in [0.717, 1.165) is 22.2 Å². The molecule has 3 aromatic rings. The largest absolute Gasteiger partial charge is 0.497 e. The first-order chi connectivity index (χ1) is 16.8. The Bertz CT molecular complexity index is 1310. The predicted molar refractivity (Wildman–Crippen MR) is 134 cm³/mol. The lowest BCUT2D eigenvalue weighted by Crippen LogP contribution is -2.43. The molecule has 1 fully saturated rings. The van der Waals surface area contributed by atoms with Crippen LogP contribution >= 0.6 is 0 Å². The molecule has 2 heterocycles. The molecule has 186 valence electrons. The average molecular weight is 499 g/mol. The summed E-state index contributed by atoms with van der Waals surface area (Å²) in [6.07, 6.45) is 3.57. The summed E-state index contributed by atoms with van der Waals surface area (Å²) in [7, 11) is -2.02. The number of nitrogens with one attached hydrogen (secondary N) is 3. The fourth-order valence-electron chi connectivity index (χ4n) is 4.38. The molecule has 35 heavy (non-hydrogen) atoms. The molecule has 1 aliphatic heterocycles. The van der Waals surface area contributed by atoms with E-state index in [-0.39, 0.29) is 35.7 Å². The van der Waals surface area contributed by atoms with Gasteiger partial charge in [-0.3, -0.25) is 9.59 Å². The molecule has 0 aliphatic carbocycles. The predicted octanol–water partition coefficient (Wildman–Crippen LogP) is 2.89. The number of ether oxygens (including phenoxy) is 1. The maximum Gasteiger partial charge on any atom is 0.243 e. The summed E-state index contributed by atoms with van der Waals surface area (Å²) in [5.41, 5.74) is 2.66. The Morgan fingerprint density at radius 3 is 2.49 bits per heavy atom. The topological polar surface area (TPSA) is 121 Å². The van der Waals surface area contributed by atoms with Crippen LogP contribution < -0.4 is 15.4 Å². The minimum atomic E-state index is -3.65. The van der Waals surface area contributed by atoms with Crippen LogP contribution in [-0.2, 0) is 26.0 Å². The third-order valence-corrected chi connectivity index (χ3v) is 8.22. The van der Waals surface area contributed by atoms with Gasteiger partial charge in [-0.25, -0.2) is 8.42 Å². The standard InChI is InChI=1S/C25H30N4O5S/c1-17(30)28-20-3-6-22(7-4-20)35(32,33)29-13-10-18(11-14-29)25(31)26-12-9-19-16-27-24-8-5-21(34-2)15-23(19)24/h3-8,15-16,18,27H,9-14H2,1-2H3,(H,26,31)(H,28,30). The van der Waals surface area contributed by atoms with E-state index < -0.39 is 10.0 Å². The van der Waals surface area contributed by atoms with Gasteiger partial charge in [0.25, 0.3) is 0 Å².